The number of rotatable bonds is 6. The van der Waals surface area contributed by atoms with Gasteiger partial charge in [0.1, 0.15) is 0 Å². The lowest BCUT2D eigenvalue weighted by Crippen LogP contribution is -2.16. The van der Waals surface area contributed by atoms with E-state index in [0.29, 0.717) is 34.1 Å². The van der Waals surface area contributed by atoms with Crippen molar-refractivity contribution in [2.45, 2.75) is 6.92 Å². The summed E-state index contributed by atoms with van der Waals surface area (Å²) >= 11 is 3.46. The van der Waals surface area contributed by atoms with Crippen molar-refractivity contribution in [3.8, 4) is 0 Å². The Morgan fingerprint density at radius 3 is 2.29 bits per heavy atom. The summed E-state index contributed by atoms with van der Waals surface area (Å²) in [7, 11) is 0. The van der Waals surface area contributed by atoms with E-state index in [2.05, 4.69) is 41.8 Å². The molecule has 4 aromatic carbocycles. The molecule has 1 heterocycles. The maximum Gasteiger partial charge on any atom is 0.256 e. The Labute approximate surface area is 227 Å². The number of halogens is 1. The van der Waals surface area contributed by atoms with Gasteiger partial charge in [0.25, 0.3) is 11.8 Å². The lowest BCUT2D eigenvalue weighted by atomic mass is 10.1. The fourth-order valence-corrected chi connectivity index (χ4v) is 4.29. The quantitative estimate of drug-likeness (QED) is 0.173. The SMILES string of the molecule is Cc1ccc(NC(=O)c2ccc3cc(Br)ccc3c2)cc1C(=O)Nc1cnc(Nc2cccc(N)c2)nc1. The Kier molecular flexibility index (Phi) is 7.01. The Bertz CT molecular complexity index is 1670. The molecule has 1 aromatic heterocycles. The lowest BCUT2D eigenvalue weighted by molar-refractivity contribution is 0.101. The van der Waals surface area contributed by atoms with Crippen LogP contribution >= 0.6 is 15.9 Å². The van der Waals surface area contributed by atoms with Gasteiger partial charge in [0.05, 0.1) is 18.1 Å². The van der Waals surface area contributed by atoms with Crippen LogP contribution in [0.5, 0.6) is 0 Å². The largest absolute Gasteiger partial charge is 0.399 e. The van der Waals surface area contributed by atoms with Crippen molar-refractivity contribution in [1.82, 2.24) is 9.97 Å². The zero-order valence-electron chi connectivity index (χ0n) is 20.3. The summed E-state index contributed by atoms with van der Waals surface area (Å²) in [5.41, 5.74) is 9.84. The number of hydrogen-bond donors (Lipinski definition) is 4. The first-order chi connectivity index (χ1) is 18.3. The van der Waals surface area contributed by atoms with Gasteiger partial charge in [-0.25, -0.2) is 9.97 Å². The number of nitrogens with two attached hydrogens (primary N) is 1. The standard InChI is InChI=1S/C29H23BrN6O2/c1-17-5-10-24(34-27(37)20-7-6-19-12-21(30)9-8-18(19)11-20)14-26(17)28(38)35-25-15-32-29(33-16-25)36-23-4-2-3-22(31)13-23/h2-16H,31H2,1H3,(H,34,37)(H,35,38)(H,32,33,36). The molecule has 5 aromatic rings. The number of carbonyl (C=O) groups is 2. The zero-order valence-corrected chi connectivity index (χ0v) is 21.9. The molecule has 5 N–H and O–H groups in total. The van der Waals surface area contributed by atoms with Gasteiger partial charge in [0, 0.05) is 32.7 Å². The summed E-state index contributed by atoms with van der Waals surface area (Å²) < 4.78 is 0.977. The maximum absolute atomic E-state index is 13.0. The fraction of sp³-hybridized carbons (Fsp3) is 0.0345. The fourth-order valence-electron chi connectivity index (χ4n) is 3.91. The van der Waals surface area contributed by atoms with Crippen LogP contribution in [-0.2, 0) is 0 Å². The first kappa shape index (κ1) is 24.9. The molecule has 0 atom stereocenters. The van der Waals surface area contributed by atoms with Crippen LogP contribution < -0.4 is 21.7 Å². The summed E-state index contributed by atoms with van der Waals surface area (Å²) in [6, 6.07) is 23.8. The maximum atomic E-state index is 13.0. The predicted molar refractivity (Wildman–Crippen MR) is 155 cm³/mol. The minimum absolute atomic E-state index is 0.262. The molecule has 0 unspecified atom stereocenters. The van der Waals surface area contributed by atoms with Gasteiger partial charge in [-0.3, -0.25) is 9.59 Å². The highest BCUT2D eigenvalue weighted by Gasteiger charge is 2.13. The van der Waals surface area contributed by atoms with Gasteiger partial charge in [0.15, 0.2) is 0 Å². The van der Waals surface area contributed by atoms with Crippen molar-refractivity contribution in [2.24, 2.45) is 0 Å². The van der Waals surface area contributed by atoms with Gasteiger partial charge >= 0.3 is 0 Å². The Morgan fingerprint density at radius 1 is 0.763 bits per heavy atom. The number of carbonyl (C=O) groups excluding carboxylic acids is 2. The summed E-state index contributed by atoms with van der Waals surface area (Å²) in [6.45, 7) is 1.83. The Hall–Kier alpha value is -4.76. The molecule has 0 aliphatic rings. The number of aryl methyl sites for hydroxylation is 1. The second-order valence-corrected chi connectivity index (χ2v) is 9.61. The van der Waals surface area contributed by atoms with E-state index in [1.807, 2.05) is 49.4 Å². The molecule has 0 saturated carbocycles. The van der Waals surface area contributed by atoms with Crippen LogP contribution in [-0.4, -0.2) is 21.8 Å². The van der Waals surface area contributed by atoms with Gasteiger partial charge in [-0.15, -0.1) is 0 Å². The van der Waals surface area contributed by atoms with Crippen molar-refractivity contribution >= 4 is 67.2 Å². The first-order valence-corrected chi connectivity index (χ1v) is 12.5. The number of nitrogen functional groups attached to an aromatic ring is 1. The number of hydrogen-bond acceptors (Lipinski definition) is 6. The smallest absolute Gasteiger partial charge is 0.256 e. The molecule has 0 aliphatic carbocycles. The normalized spacial score (nSPS) is 10.7. The molecule has 8 nitrogen and oxygen atoms in total. The van der Waals surface area contributed by atoms with Crippen LogP contribution in [0.4, 0.5) is 28.7 Å². The summed E-state index contributed by atoms with van der Waals surface area (Å²) in [5, 5.41) is 10.7. The average molecular weight is 567 g/mol. The number of nitrogens with one attached hydrogen (secondary N) is 3. The highest BCUT2D eigenvalue weighted by molar-refractivity contribution is 9.10. The van der Waals surface area contributed by atoms with Crippen LogP contribution in [0.2, 0.25) is 0 Å². The molecule has 0 saturated heterocycles. The van der Waals surface area contributed by atoms with Gasteiger partial charge < -0.3 is 21.7 Å². The summed E-state index contributed by atoms with van der Waals surface area (Å²) in [6.07, 6.45) is 3.03. The molecular formula is C29H23BrN6O2. The lowest BCUT2D eigenvalue weighted by Gasteiger charge is -2.12. The second kappa shape index (κ2) is 10.7. The molecular weight excluding hydrogens is 544 g/mol. The molecule has 9 heteroatoms. The van der Waals surface area contributed by atoms with Gasteiger partial charge in [-0.2, -0.15) is 0 Å². The number of benzene rings is 4. The van der Waals surface area contributed by atoms with E-state index in [1.54, 1.807) is 36.4 Å². The summed E-state index contributed by atoms with van der Waals surface area (Å²) in [5.74, 6) is -0.229. The van der Waals surface area contributed by atoms with E-state index in [-0.39, 0.29) is 11.8 Å². The van der Waals surface area contributed by atoms with E-state index < -0.39 is 0 Å². The monoisotopic (exact) mass is 566 g/mol. The van der Waals surface area contributed by atoms with E-state index in [0.717, 1.165) is 26.5 Å². The molecule has 38 heavy (non-hydrogen) atoms. The third-order valence-corrected chi connectivity index (χ3v) is 6.35. The highest BCUT2D eigenvalue weighted by Crippen LogP contribution is 2.23. The van der Waals surface area contributed by atoms with Crippen LogP contribution in [0.15, 0.2) is 95.7 Å². The molecule has 0 radical (unpaired) electrons. The Morgan fingerprint density at radius 2 is 1.50 bits per heavy atom. The van der Waals surface area contributed by atoms with Crippen molar-refractivity contribution in [2.75, 3.05) is 21.7 Å². The van der Waals surface area contributed by atoms with E-state index in [1.165, 1.54) is 12.4 Å². The molecule has 0 aliphatic heterocycles. The third kappa shape index (κ3) is 5.79. The molecule has 0 bridgehead atoms. The third-order valence-electron chi connectivity index (χ3n) is 5.86. The molecule has 0 fully saturated rings. The Balaban J connectivity index is 1.27. The van der Waals surface area contributed by atoms with Crippen LogP contribution in [0, 0.1) is 6.92 Å². The second-order valence-electron chi connectivity index (χ2n) is 8.69. The van der Waals surface area contributed by atoms with Crippen LogP contribution in [0.25, 0.3) is 10.8 Å². The van der Waals surface area contributed by atoms with Gasteiger partial charge in [-0.05, 0) is 77.9 Å². The van der Waals surface area contributed by atoms with E-state index in [4.69, 9.17) is 5.73 Å². The topological polar surface area (TPSA) is 122 Å². The minimum atomic E-state index is -0.338. The van der Waals surface area contributed by atoms with Crippen LogP contribution in [0.3, 0.4) is 0 Å². The van der Waals surface area contributed by atoms with Gasteiger partial charge in [-0.1, -0.05) is 40.2 Å². The number of aromatic nitrogens is 2. The van der Waals surface area contributed by atoms with Crippen molar-refractivity contribution < 1.29 is 9.59 Å². The number of nitrogens with zero attached hydrogens (tertiary/aromatic N) is 2. The molecule has 2 amide bonds. The molecule has 0 spiro atoms. The average Bonchev–Trinajstić information content (AvgIpc) is 2.90. The number of amides is 2. The highest BCUT2D eigenvalue weighted by atomic mass is 79.9. The van der Waals surface area contributed by atoms with Crippen LogP contribution in [0.1, 0.15) is 26.3 Å². The number of fused-ring (bicyclic) bond motifs is 1. The van der Waals surface area contributed by atoms with Crippen molar-refractivity contribution in [3.63, 3.8) is 0 Å². The summed E-state index contributed by atoms with van der Waals surface area (Å²) in [4.78, 5) is 34.4. The van der Waals surface area contributed by atoms with E-state index in [9.17, 15) is 9.59 Å². The number of anilines is 5. The van der Waals surface area contributed by atoms with Gasteiger partial charge in [0.2, 0.25) is 5.95 Å². The van der Waals surface area contributed by atoms with Crippen molar-refractivity contribution in [1.29, 1.82) is 0 Å². The first-order valence-electron chi connectivity index (χ1n) is 11.7. The zero-order chi connectivity index (χ0) is 26.6. The minimum Gasteiger partial charge on any atom is -0.399 e. The predicted octanol–water partition coefficient (Wildman–Crippen LogP) is 6.53. The molecule has 5 rings (SSSR count). The van der Waals surface area contributed by atoms with Crippen molar-refractivity contribution in [3.05, 3.63) is 112 Å². The molecule has 188 valence electrons. The van der Waals surface area contributed by atoms with E-state index >= 15 is 0 Å².